The van der Waals surface area contributed by atoms with Gasteiger partial charge in [-0.2, -0.15) is 10.5 Å². The lowest BCUT2D eigenvalue weighted by Gasteiger charge is -1.94. The van der Waals surface area contributed by atoms with Gasteiger partial charge in [0.1, 0.15) is 0 Å². The van der Waals surface area contributed by atoms with Gasteiger partial charge < -0.3 is 0 Å². The van der Waals surface area contributed by atoms with E-state index in [1.165, 1.54) is 0 Å². The van der Waals surface area contributed by atoms with E-state index in [9.17, 15) is 0 Å². The topological polar surface area (TPSA) is 60.5 Å². The van der Waals surface area contributed by atoms with E-state index in [0.29, 0.717) is 12.8 Å². The van der Waals surface area contributed by atoms with Crippen LogP contribution in [0.25, 0.3) is 0 Å². The molecule has 1 aromatic heterocycles. The van der Waals surface area contributed by atoms with E-state index in [0.717, 1.165) is 11.3 Å². The van der Waals surface area contributed by atoms with E-state index in [1.54, 1.807) is 12.3 Å². The second kappa shape index (κ2) is 4.10. The Balaban J connectivity index is 2.74. The van der Waals surface area contributed by atoms with Crippen LogP contribution in [0.2, 0.25) is 0 Å². The van der Waals surface area contributed by atoms with Gasteiger partial charge in [0.05, 0.1) is 30.7 Å². The molecule has 1 aromatic rings. The molecule has 0 atom stereocenters. The molecule has 0 saturated carbocycles. The predicted molar refractivity (Wildman–Crippen MR) is 42.9 cm³/mol. The highest BCUT2D eigenvalue weighted by atomic mass is 14.7. The molecule has 3 heteroatoms. The smallest absolute Gasteiger partial charge is 0.0774 e. The van der Waals surface area contributed by atoms with Crippen molar-refractivity contribution in [1.29, 1.82) is 10.5 Å². The summed E-state index contributed by atoms with van der Waals surface area (Å²) in [6, 6.07) is 7.63. The zero-order valence-corrected chi connectivity index (χ0v) is 6.49. The fourth-order valence-corrected chi connectivity index (χ4v) is 0.837. The Morgan fingerprint density at radius 1 is 1.17 bits per heavy atom. The van der Waals surface area contributed by atoms with Crippen molar-refractivity contribution in [3.05, 3.63) is 29.6 Å². The van der Waals surface area contributed by atoms with E-state index >= 15 is 0 Å². The standard InChI is InChI=1S/C9H7N3/c10-5-3-8-1-2-9(4-6-11)12-7-8/h1-2,7H,3-4H2. The molecule has 0 spiro atoms. The minimum atomic E-state index is 0.326. The molecule has 0 aliphatic carbocycles. The SMILES string of the molecule is N#CCc1ccc(CC#N)nc1. The number of pyridine rings is 1. The van der Waals surface area contributed by atoms with Crippen LogP contribution < -0.4 is 0 Å². The van der Waals surface area contributed by atoms with Crippen LogP contribution in [-0.2, 0) is 12.8 Å². The van der Waals surface area contributed by atoms with Gasteiger partial charge in [0, 0.05) is 6.20 Å². The van der Waals surface area contributed by atoms with Crippen LogP contribution in [0.15, 0.2) is 18.3 Å². The fraction of sp³-hybridized carbons (Fsp3) is 0.222. The van der Waals surface area contributed by atoms with Crippen LogP contribution in [0, 0.1) is 22.7 Å². The maximum absolute atomic E-state index is 8.36. The van der Waals surface area contributed by atoms with Crippen molar-refractivity contribution in [2.45, 2.75) is 12.8 Å². The number of nitriles is 2. The summed E-state index contributed by atoms with van der Waals surface area (Å²) < 4.78 is 0. The molecule has 3 nitrogen and oxygen atoms in total. The van der Waals surface area contributed by atoms with Gasteiger partial charge in [-0.1, -0.05) is 6.07 Å². The lowest BCUT2D eigenvalue weighted by atomic mass is 10.2. The molecule has 12 heavy (non-hydrogen) atoms. The zero-order valence-electron chi connectivity index (χ0n) is 6.49. The summed E-state index contributed by atoms with van der Waals surface area (Å²) in [5.74, 6) is 0. The Morgan fingerprint density at radius 2 is 1.92 bits per heavy atom. The monoisotopic (exact) mass is 157 g/mol. The summed E-state index contributed by atoms with van der Waals surface area (Å²) in [5.41, 5.74) is 1.64. The van der Waals surface area contributed by atoms with Gasteiger partial charge in [0.2, 0.25) is 0 Å². The lowest BCUT2D eigenvalue weighted by molar-refractivity contribution is 1.08. The molecular formula is C9H7N3. The number of hydrogen-bond donors (Lipinski definition) is 0. The Labute approximate surface area is 70.9 Å². The average Bonchev–Trinajstić information content (AvgIpc) is 2.09. The summed E-state index contributed by atoms with van der Waals surface area (Å²) in [7, 11) is 0. The van der Waals surface area contributed by atoms with E-state index in [1.807, 2.05) is 18.2 Å². The highest BCUT2D eigenvalue weighted by Gasteiger charge is 1.94. The number of rotatable bonds is 2. The minimum Gasteiger partial charge on any atom is -0.260 e. The van der Waals surface area contributed by atoms with Gasteiger partial charge in [0.15, 0.2) is 0 Å². The van der Waals surface area contributed by atoms with Crippen molar-refractivity contribution in [3.8, 4) is 12.1 Å². The first kappa shape index (κ1) is 8.23. The van der Waals surface area contributed by atoms with Gasteiger partial charge in [-0.15, -0.1) is 0 Å². The zero-order chi connectivity index (χ0) is 8.81. The molecule has 1 rings (SSSR count). The van der Waals surface area contributed by atoms with Crippen molar-refractivity contribution in [2.75, 3.05) is 0 Å². The quantitative estimate of drug-likeness (QED) is 0.648. The van der Waals surface area contributed by atoms with Crippen LogP contribution >= 0.6 is 0 Å². The van der Waals surface area contributed by atoms with E-state index in [-0.39, 0.29) is 0 Å². The third-order valence-corrected chi connectivity index (χ3v) is 1.43. The van der Waals surface area contributed by atoms with E-state index in [4.69, 9.17) is 10.5 Å². The number of hydrogen-bond acceptors (Lipinski definition) is 3. The molecule has 0 aromatic carbocycles. The Kier molecular flexibility index (Phi) is 2.81. The summed E-state index contributed by atoms with van der Waals surface area (Å²) >= 11 is 0. The first-order chi connectivity index (χ1) is 5.86. The lowest BCUT2D eigenvalue weighted by Crippen LogP contribution is -1.89. The van der Waals surface area contributed by atoms with E-state index < -0.39 is 0 Å². The largest absolute Gasteiger partial charge is 0.260 e. The average molecular weight is 157 g/mol. The molecule has 0 unspecified atom stereocenters. The Morgan fingerprint density at radius 3 is 2.42 bits per heavy atom. The van der Waals surface area contributed by atoms with Crippen molar-refractivity contribution in [3.63, 3.8) is 0 Å². The first-order valence-electron chi connectivity index (χ1n) is 3.54. The number of aromatic nitrogens is 1. The molecule has 58 valence electrons. The third-order valence-electron chi connectivity index (χ3n) is 1.43. The molecule has 0 amide bonds. The van der Waals surface area contributed by atoms with Crippen LogP contribution in [0.1, 0.15) is 11.3 Å². The van der Waals surface area contributed by atoms with Crippen LogP contribution in [0.4, 0.5) is 0 Å². The molecule has 0 fully saturated rings. The molecule has 1 heterocycles. The van der Waals surface area contributed by atoms with Gasteiger partial charge in [0.25, 0.3) is 0 Å². The second-order valence-electron chi connectivity index (χ2n) is 2.33. The molecule has 0 aliphatic heterocycles. The summed E-state index contributed by atoms with van der Waals surface area (Å²) in [5, 5.41) is 16.7. The van der Waals surface area contributed by atoms with Gasteiger partial charge >= 0.3 is 0 Å². The minimum absolute atomic E-state index is 0.326. The second-order valence-corrected chi connectivity index (χ2v) is 2.33. The van der Waals surface area contributed by atoms with Crippen LogP contribution in [0.3, 0.4) is 0 Å². The highest BCUT2D eigenvalue weighted by Crippen LogP contribution is 2.00. The van der Waals surface area contributed by atoms with E-state index in [2.05, 4.69) is 4.98 Å². The predicted octanol–water partition coefficient (Wildman–Crippen LogP) is 1.21. The first-order valence-corrected chi connectivity index (χ1v) is 3.54. The fourth-order valence-electron chi connectivity index (χ4n) is 0.837. The molecule has 0 saturated heterocycles. The third kappa shape index (κ3) is 2.07. The van der Waals surface area contributed by atoms with Crippen LogP contribution in [0.5, 0.6) is 0 Å². The number of nitrogens with zero attached hydrogens (tertiary/aromatic N) is 3. The summed E-state index contributed by atoms with van der Waals surface area (Å²) in [6.45, 7) is 0. The maximum atomic E-state index is 8.36. The van der Waals surface area contributed by atoms with Gasteiger partial charge in [-0.05, 0) is 11.6 Å². The van der Waals surface area contributed by atoms with Gasteiger partial charge in [-0.25, -0.2) is 0 Å². The Bertz CT molecular complexity index is 291. The summed E-state index contributed by atoms with van der Waals surface area (Å²) in [6.07, 6.45) is 2.34. The Hall–Kier alpha value is -1.87. The molecule has 0 bridgehead atoms. The van der Waals surface area contributed by atoms with Crippen molar-refractivity contribution >= 4 is 0 Å². The van der Waals surface area contributed by atoms with Crippen molar-refractivity contribution < 1.29 is 0 Å². The summed E-state index contributed by atoms with van der Waals surface area (Å²) in [4.78, 5) is 4.01. The normalized spacial score (nSPS) is 8.50. The maximum Gasteiger partial charge on any atom is 0.0774 e. The highest BCUT2D eigenvalue weighted by molar-refractivity contribution is 5.18. The molecule has 0 N–H and O–H groups in total. The van der Waals surface area contributed by atoms with Gasteiger partial charge in [-0.3, -0.25) is 4.98 Å². The molecule has 0 aliphatic rings. The molecular weight excluding hydrogens is 150 g/mol. The molecule has 0 radical (unpaired) electrons. The van der Waals surface area contributed by atoms with Crippen molar-refractivity contribution in [1.82, 2.24) is 4.98 Å². The van der Waals surface area contributed by atoms with Crippen molar-refractivity contribution in [2.24, 2.45) is 0 Å². The van der Waals surface area contributed by atoms with Crippen LogP contribution in [-0.4, -0.2) is 4.98 Å².